The van der Waals surface area contributed by atoms with Crippen LogP contribution in [0.3, 0.4) is 0 Å². The molecule has 4 heterocycles. The molecule has 0 saturated carbocycles. The molecule has 214 valence electrons. The van der Waals surface area contributed by atoms with Crippen LogP contribution in [-0.2, 0) is 0 Å². The lowest BCUT2D eigenvalue weighted by atomic mass is 10.3. The molecule has 0 unspecified atom stereocenters. The molecule has 4 fully saturated rings. The predicted octanol–water partition coefficient (Wildman–Crippen LogP) is 2.51. The van der Waals surface area contributed by atoms with Crippen LogP contribution in [0.5, 0.6) is 0 Å². The first-order valence-corrected chi connectivity index (χ1v) is 13.7. The minimum Gasteiger partial charge on any atom is -0.292 e. The van der Waals surface area contributed by atoms with Gasteiger partial charge in [-0.3, -0.25) is 39.2 Å². The van der Waals surface area contributed by atoms with Crippen LogP contribution >= 0.6 is 0 Å². The van der Waals surface area contributed by atoms with Crippen LogP contribution in [0.2, 0.25) is 0 Å². The number of hydrogen-bond donors (Lipinski definition) is 0. The Morgan fingerprint density at radius 2 is 0.829 bits per heavy atom. The molecule has 0 radical (unpaired) electrons. The van der Waals surface area contributed by atoms with Crippen molar-refractivity contribution in [1.29, 1.82) is 0 Å². The van der Waals surface area contributed by atoms with Crippen LogP contribution in [0.1, 0.15) is 48.5 Å². The molecular weight excluding hydrogens is 436 g/mol. The molecule has 0 aromatic heterocycles. The third kappa shape index (κ3) is 18.6. The Balaban J connectivity index is 0. The lowest BCUT2D eigenvalue weighted by Crippen LogP contribution is -2.31. The van der Waals surface area contributed by atoms with Gasteiger partial charge in [0.25, 0.3) is 0 Å². The van der Waals surface area contributed by atoms with Crippen LogP contribution in [0.15, 0.2) is 0 Å². The standard InChI is InChI=1S/C9H20N2.3C5H12N2.C2H6.CH4/c1-4-5-10-6-7-11(8-10)9(2)3;3*1-6-3-4-7(2)5-6;1-2;/h9H,4-8H2,1-3H3;3*3-5H2,1-2H3;1-2H3;1H4. The molecular formula is C27H66N8. The molecule has 4 saturated heterocycles. The first-order valence-electron chi connectivity index (χ1n) is 13.7. The van der Waals surface area contributed by atoms with Gasteiger partial charge in [0.2, 0.25) is 0 Å². The first kappa shape index (κ1) is 36.8. The summed E-state index contributed by atoms with van der Waals surface area (Å²) < 4.78 is 0. The van der Waals surface area contributed by atoms with E-state index in [-0.39, 0.29) is 7.43 Å². The zero-order chi connectivity index (χ0) is 26.1. The number of rotatable bonds is 3. The maximum atomic E-state index is 2.53. The monoisotopic (exact) mass is 503 g/mol. The minimum absolute atomic E-state index is 0. The van der Waals surface area contributed by atoms with Crippen molar-refractivity contribution in [3.63, 3.8) is 0 Å². The smallest absolute Gasteiger partial charge is 0.0509 e. The third-order valence-electron chi connectivity index (χ3n) is 6.39. The fourth-order valence-corrected chi connectivity index (χ4v) is 4.27. The van der Waals surface area contributed by atoms with E-state index in [4.69, 9.17) is 0 Å². The lowest BCUT2D eigenvalue weighted by Gasteiger charge is -2.20. The second-order valence-corrected chi connectivity index (χ2v) is 10.6. The van der Waals surface area contributed by atoms with Crippen molar-refractivity contribution in [3.05, 3.63) is 0 Å². The van der Waals surface area contributed by atoms with E-state index >= 15 is 0 Å². The summed E-state index contributed by atoms with van der Waals surface area (Å²) in [5.74, 6) is 0. The normalized spacial score (nSPS) is 23.0. The first-order chi connectivity index (χ1) is 16.1. The van der Waals surface area contributed by atoms with Gasteiger partial charge in [-0.15, -0.1) is 0 Å². The average Bonchev–Trinajstić information content (AvgIpc) is 3.57. The average molecular weight is 503 g/mol. The highest BCUT2D eigenvalue weighted by atomic mass is 15.4. The van der Waals surface area contributed by atoms with Gasteiger partial charge in [-0.25, -0.2) is 0 Å². The number of nitrogens with zero attached hydrogens (tertiary/aromatic N) is 8. The molecule has 8 heteroatoms. The van der Waals surface area contributed by atoms with Gasteiger partial charge in [-0.05, 0) is 69.1 Å². The Kier molecular flexibility index (Phi) is 22.9. The van der Waals surface area contributed by atoms with Crippen LogP contribution in [-0.4, -0.2) is 173 Å². The van der Waals surface area contributed by atoms with E-state index in [2.05, 4.69) is 102 Å². The van der Waals surface area contributed by atoms with Crippen LogP contribution in [0, 0.1) is 0 Å². The van der Waals surface area contributed by atoms with Crippen molar-refractivity contribution in [2.75, 3.05) is 128 Å². The fourth-order valence-electron chi connectivity index (χ4n) is 4.27. The topological polar surface area (TPSA) is 25.9 Å². The van der Waals surface area contributed by atoms with E-state index in [1.54, 1.807) is 0 Å². The summed E-state index contributed by atoms with van der Waals surface area (Å²) in [6, 6.07) is 0.719. The Morgan fingerprint density at radius 3 is 1.00 bits per heavy atom. The predicted molar refractivity (Wildman–Crippen MR) is 157 cm³/mol. The van der Waals surface area contributed by atoms with E-state index in [1.807, 2.05) is 13.8 Å². The van der Waals surface area contributed by atoms with Gasteiger partial charge in [-0.1, -0.05) is 28.2 Å². The van der Waals surface area contributed by atoms with Crippen LogP contribution in [0.4, 0.5) is 0 Å². The minimum atomic E-state index is 0. The van der Waals surface area contributed by atoms with Crippen LogP contribution in [0.25, 0.3) is 0 Å². The maximum absolute atomic E-state index is 2.53. The number of hydrogen-bond acceptors (Lipinski definition) is 8. The summed E-state index contributed by atoms with van der Waals surface area (Å²) in [6.45, 7) is 26.6. The molecule has 0 spiro atoms. The molecule has 0 atom stereocenters. The van der Waals surface area contributed by atoms with Crippen molar-refractivity contribution < 1.29 is 0 Å². The second-order valence-electron chi connectivity index (χ2n) is 10.6. The molecule has 0 aliphatic carbocycles. The summed E-state index contributed by atoms with van der Waals surface area (Å²) in [5, 5.41) is 0. The van der Waals surface area contributed by atoms with Gasteiger partial charge in [-0.2, -0.15) is 0 Å². The Morgan fingerprint density at radius 1 is 0.514 bits per heavy atom. The summed E-state index contributed by atoms with van der Waals surface area (Å²) >= 11 is 0. The molecule has 0 bridgehead atoms. The molecule has 0 N–H and O–H groups in total. The van der Waals surface area contributed by atoms with Crippen molar-refractivity contribution >= 4 is 0 Å². The molecule has 0 aromatic carbocycles. The third-order valence-corrected chi connectivity index (χ3v) is 6.39. The van der Waals surface area contributed by atoms with Gasteiger partial charge >= 0.3 is 0 Å². The van der Waals surface area contributed by atoms with Gasteiger partial charge < -0.3 is 0 Å². The van der Waals surface area contributed by atoms with E-state index in [0.29, 0.717) is 0 Å². The van der Waals surface area contributed by atoms with E-state index in [1.165, 1.54) is 72.0 Å². The molecule has 35 heavy (non-hydrogen) atoms. The highest BCUT2D eigenvalue weighted by Crippen LogP contribution is 2.08. The molecule has 4 rings (SSSR count). The summed E-state index contributed by atoms with van der Waals surface area (Å²) in [6.07, 6.45) is 1.28. The van der Waals surface area contributed by atoms with Gasteiger partial charge in [0, 0.05) is 58.4 Å². The van der Waals surface area contributed by atoms with E-state index < -0.39 is 0 Å². The van der Waals surface area contributed by atoms with Gasteiger partial charge in [0.15, 0.2) is 0 Å². The molecule has 4 aliphatic heterocycles. The molecule has 0 aromatic rings. The van der Waals surface area contributed by atoms with Crippen molar-refractivity contribution in [3.8, 4) is 0 Å². The molecule has 8 nitrogen and oxygen atoms in total. The summed E-state index contributed by atoms with van der Waals surface area (Å²) in [7, 11) is 12.9. The highest BCUT2D eigenvalue weighted by Gasteiger charge is 2.20. The SMILES string of the molecule is C.CC.CCCN1CCN(C(C)C)C1.CN1CCN(C)C1.CN1CCN(C)C1.CN1CCN(C)C1. The number of likely N-dealkylation sites (N-methyl/N-ethyl adjacent to an activating group) is 6. The van der Waals surface area contributed by atoms with Crippen molar-refractivity contribution in [2.45, 2.75) is 54.5 Å². The Bertz CT molecular complexity index is 398. The zero-order valence-corrected chi connectivity index (χ0v) is 25.1. The van der Waals surface area contributed by atoms with E-state index in [0.717, 1.165) is 26.0 Å². The quantitative estimate of drug-likeness (QED) is 0.581. The summed E-state index contributed by atoms with van der Waals surface area (Å²) in [5.41, 5.74) is 0. The van der Waals surface area contributed by atoms with Crippen LogP contribution < -0.4 is 0 Å². The maximum Gasteiger partial charge on any atom is 0.0509 e. The lowest BCUT2D eigenvalue weighted by molar-refractivity contribution is 0.211. The molecule has 0 amide bonds. The van der Waals surface area contributed by atoms with Gasteiger partial charge in [0.1, 0.15) is 0 Å². The van der Waals surface area contributed by atoms with E-state index in [9.17, 15) is 0 Å². The second kappa shape index (κ2) is 21.7. The zero-order valence-electron chi connectivity index (χ0n) is 25.1. The van der Waals surface area contributed by atoms with Crippen molar-refractivity contribution in [1.82, 2.24) is 39.2 Å². The highest BCUT2D eigenvalue weighted by molar-refractivity contribution is 4.73. The largest absolute Gasteiger partial charge is 0.292 e. The van der Waals surface area contributed by atoms with Crippen molar-refractivity contribution in [2.24, 2.45) is 0 Å². The molecule has 4 aliphatic rings. The Labute approximate surface area is 221 Å². The van der Waals surface area contributed by atoms with Gasteiger partial charge in [0.05, 0.1) is 26.7 Å². The fraction of sp³-hybridized carbons (Fsp3) is 1.00. The summed E-state index contributed by atoms with van der Waals surface area (Å²) in [4.78, 5) is 18.9. The Hall–Kier alpha value is -0.320.